The highest BCUT2D eigenvalue weighted by molar-refractivity contribution is 5.89. The van der Waals surface area contributed by atoms with E-state index in [-0.39, 0.29) is 24.3 Å². The highest BCUT2D eigenvalue weighted by atomic mass is 19.1. The van der Waals surface area contributed by atoms with Crippen LogP contribution in [-0.4, -0.2) is 59.9 Å². The molecule has 3 N–H and O–H groups in total. The molecule has 0 aliphatic carbocycles. The molecule has 3 amide bonds. The van der Waals surface area contributed by atoms with Crippen molar-refractivity contribution in [3.63, 3.8) is 0 Å². The van der Waals surface area contributed by atoms with Crippen LogP contribution < -0.4 is 10.6 Å². The average Bonchev–Trinajstić information content (AvgIpc) is 2.71. The Kier molecular flexibility index (Phi) is 7.22. The summed E-state index contributed by atoms with van der Waals surface area (Å²) in [5.41, 5.74) is 0.0854. The molecule has 2 heterocycles. The number of amides is 3. The third kappa shape index (κ3) is 5.42. The zero-order valence-corrected chi connectivity index (χ0v) is 15.9. The maximum Gasteiger partial charge on any atom is 0.319 e. The Bertz CT molecular complexity index is 681. The lowest BCUT2D eigenvalue weighted by atomic mass is 9.96. The normalized spacial score (nSPS) is 25.2. The van der Waals surface area contributed by atoms with E-state index in [1.807, 2.05) is 4.90 Å². The highest BCUT2D eigenvalue weighted by Crippen LogP contribution is 2.23. The Balaban J connectivity index is 1.49. The number of nitrogens with zero attached hydrogens (tertiary/aromatic N) is 1. The van der Waals surface area contributed by atoms with E-state index in [4.69, 9.17) is 4.74 Å². The maximum atomic E-state index is 13.7. The number of urea groups is 1. The number of likely N-dealkylation sites (tertiary alicyclic amines) is 1. The molecule has 3 atom stereocenters. The Labute approximate surface area is 164 Å². The van der Waals surface area contributed by atoms with Gasteiger partial charge in [-0.25, -0.2) is 9.18 Å². The van der Waals surface area contributed by atoms with Gasteiger partial charge in [-0.2, -0.15) is 0 Å². The summed E-state index contributed by atoms with van der Waals surface area (Å²) in [4.78, 5) is 26.5. The van der Waals surface area contributed by atoms with Crippen molar-refractivity contribution < 1.29 is 23.8 Å². The van der Waals surface area contributed by atoms with Gasteiger partial charge in [0.15, 0.2) is 0 Å². The molecule has 7 nitrogen and oxygen atoms in total. The number of carbonyl (C=O) groups is 2. The lowest BCUT2D eigenvalue weighted by Gasteiger charge is -2.37. The number of para-hydroxylation sites is 1. The summed E-state index contributed by atoms with van der Waals surface area (Å²) in [5.74, 6) is -0.433. The van der Waals surface area contributed by atoms with Crippen molar-refractivity contribution >= 4 is 17.6 Å². The van der Waals surface area contributed by atoms with Crippen LogP contribution in [0, 0.1) is 5.82 Å². The number of benzene rings is 1. The Morgan fingerprint density at radius 3 is 2.64 bits per heavy atom. The molecule has 154 valence electrons. The predicted octanol–water partition coefficient (Wildman–Crippen LogP) is 2.26. The predicted molar refractivity (Wildman–Crippen MR) is 102 cm³/mol. The first kappa shape index (κ1) is 20.5. The highest BCUT2D eigenvalue weighted by Gasteiger charge is 2.33. The fraction of sp³-hybridized carbons (Fsp3) is 0.600. The number of rotatable bonds is 5. The second-order valence-electron chi connectivity index (χ2n) is 7.39. The first-order valence-corrected chi connectivity index (χ1v) is 9.93. The molecular formula is C20H28FN3O4. The van der Waals surface area contributed by atoms with E-state index in [0.717, 1.165) is 25.9 Å². The minimum absolute atomic E-state index is 0.0854. The van der Waals surface area contributed by atoms with Crippen molar-refractivity contribution in [2.75, 3.05) is 25.0 Å². The number of aliphatic hydroxyl groups is 1. The third-order valence-electron chi connectivity index (χ3n) is 5.35. The van der Waals surface area contributed by atoms with Crippen molar-refractivity contribution in [3.8, 4) is 0 Å². The van der Waals surface area contributed by atoms with E-state index in [1.165, 1.54) is 18.6 Å². The lowest BCUT2D eigenvalue weighted by molar-refractivity contribution is -0.141. The molecule has 2 aliphatic rings. The quantitative estimate of drug-likeness (QED) is 0.716. The number of carbonyl (C=O) groups excluding carboxylic acids is 2. The van der Waals surface area contributed by atoms with Gasteiger partial charge in [0, 0.05) is 13.1 Å². The summed E-state index contributed by atoms with van der Waals surface area (Å²) in [7, 11) is 0. The SMILES string of the molecule is O=C(Nc1ccccc1F)N[C@@H]1CC[C@@H](CC(=O)N2CCCCC2)O[C@@H]1CO. The van der Waals surface area contributed by atoms with E-state index >= 15 is 0 Å². The zero-order chi connectivity index (χ0) is 19.9. The van der Waals surface area contributed by atoms with Gasteiger partial charge in [-0.15, -0.1) is 0 Å². The first-order valence-electron chi connectivity index (χ1n) is 9.93. The number of ether oxygens (including phenoxy) is 1. The van der Waals surface area contributed by atoms with Gasteiger partial charge in [0.25, 0.3) is 0 Å². The van der Waals surface area contributed by atoms with E-state index in [9.17, 15) is 19.1 Å². The summed E-state index contributed by atoms with van der Waals surface area (Å²) >= 11 is 0. The van der Waals surface area contributed by atoms with Gasteiger partial charge in [0.2, 0.25) is 5.91 Å². The van der Waals surface area contributed by atoms with E-state index in [0.29, 0.717) is 19.3 Å². The van der Waals surface area contributed by atoms with E-state index in [2.05, 4.69) is 10.6 Å². The standard InChI is InChI=1S/C20H28FN3O4/c21-15-6-2-3-7-16(15)22-20(27)23-17-9-8-14(28-18(17)13-25)12-19(26)24-10-4-1-5-11-24/h2-3,6-7,14,17-18,25H,1,4-5,8-13H2,(H2,22,23,27)/t14-,17+,18+/m0/s1. The number of hydrogen-bond donors (Lipinski definition) is 3. The minimum Gasteiger partial charge on any atom is -0.394 e. The number of anilines is 1. The van der Waals surface area contributed by atoms with Crippen LogP contribution >= 0.6 is 0 Å². The molecular weight excluding hydrogens is 365 g/mol. The van der Waals surface area contributed by atoms with Crippen LogP contribution in [0.5, 0.6) is 0 Å². The number of halogens is 1. The maximum absolute atomic E-state index is 13.7. The molecule has 0 radical (unpaired) electrons. The molecule has 8 heteroatoms. The largest absolute Gasteiger partial charge is 0.394 e. The Hall–Kier alpha value is -2.19. The third-order valence-corrected chi connectivity index (χ3v) is 5.35. The minimum atomic E-state index is -0.598. The second-order valence-corrected chi connectivity index (χ2v) is 7.39. The van der Waals surface area contributed by atoms with Gasteiger partial charge in [-0.3, -0.25) is 4.79 Å². The van der Waals surface area contributed by atoms with Gasteiger partial charge in [-0.05, 0) is 44.2 Å². The molecule has 0 spiro atoms. The molecule has 0 saturated carbocycles. The van der Waals surface area contributed by atoms with Gasteiger partial charge >= 0.3 is 6.03 Å². The molecule has 0 unspecified atom stereocenters. The number of nitrogens with one attached hydrogen (secondary N) is 2. The topological polar surface area (TPSA) is 90.9 Å². The zero-order valence-electron chi connectivity index (χ0n) is 15.9. The Morgan fingerprint density at radius 1 is 1.18 bits per heavy atom. The lowest BCUT2D eigenvalue weighted by Crippen LogP contribution is -2.52. The van der Waals surface area contributed by atoms with Crippen molar-refractivity contribution in [2.24, 2.45) is 0 Å². The van der Waals surface area contributed by atoms with Gasteiger partial charge in [0.1, 0.15) is 11.9 Å². The monoisotopic (exact) mass is 393 g/mol. The number of aliphatic hydroxyl groups excluding tert-OH is 1. The van der Waals surface area contributed by atoms with Gasteiger partial charge in [-0.1, -0.05) is 12.1 Å². The molecule has 2 fully saturated rings. The molecule has 3 rings (SSSR count). The molecule has 2 saturated heterocycles. The summed E-state index contributed by atoms with van der Waals surface area (Å²) in [6, 6.07) is 4.94. The fourth-order valence-electron chi connectivity index (χ4n) is 3.80. The number of piperidine rings is 1. The smallest absolute Gasteiger partial charge is 0.319 e. The molecule has 0 aromatic heterocycles. The van der Waals surface area contributed by atoms with Gasteiger partial charge in [0.05, 0.1) is 30.9 Å². The van der Waals surface area contributed by atoms with E-state index in [1.54, 1.807) is 12.1 Å². The van der Waals surface area contributed by atoms with Crippen LogP contribution in [0.2, 0.25) is 0 Å². The van der Waals surface area contributed by atoms with Crippen LogP contribution in [-0.2, 0) is 9.53 Å². The molecule has 2 aliphatic heterocycles. The van der Waals surface area contributed by atoms with Crippen LogP contribution in [0.25, 0.3) is 0 Å². The first-order chi connectivity index (χ1) is 13.6. The summed E-state index contributed by atoms with van der Waals surface area (Å²) in [6.45, 7) is 1.34. The van der Waals surface area contributed by atoms with Crippen LogP contribution in [0.15, 0.2) is 24.3 Å². The van der Waals surface area contributed by atoms with Crippen LogP contribution in [0.4, 0.5) is 14.9 Å². The van der Waals surface area contributed by atoms with Gasteiger partial charge < -0.3 is 25.4 Å². The Morgan fingerprint density at radius 2 is 1.93 bits per heavy atom. The fourth-order valence-corrected chi connectivity index (χ4v) is 3.80. The van der Waals surface area contributed by atoms with Crippen molar-refractivity contribution in [3.05, 3.63) is 30.1 Å². The molecule has 0 bridgehead atoms. The average molecular weight is 393 g/mol. The van der Waals surface area contributed by atoms with Crippen LogP contribution in [0.3, 0.4) is 0 Å². The summed E-state index contributed by atoms with van der Waals surface area (Å²) < 4.78 is 19.5. The van der Waals surface area contributed by atoms with Crippen LogP contribution in [0.1, 0.15) is 38.5 Å². The molecule has 1 aromatic carbocycles. The van der Waals surface area contributed by atoms with Crippen molar-refractivity contribution in [1.29, 1.82) is 0 Å². The summed E-state index contributed by atoms with van der Waals surface area (Å²) in [5, 5.41) is 14.9. The molecule has 1 aromatic rings. The van der Waals surface area contributed by atoms with E-state index < -0.39 is 24.0 Å². The summed E-state index contributed by atoms with van der Waals surface area (Å²) in [6.07, 6.45) is 3.87. The van der Waals surface area contributed by atoms with Crippen molar-refractivity contribution in [1.82, 2.24) is 10.2 Å². The van der Waals surface area contributed by atoms with Crippen molar-refractivity contribution in [2.45, 2.75) is 56.8 Å². The second kappa shape index (κ2) is 9.84. The number of hydrogen-bond acceptors (Lipinski definition) is 4. The molecule has 28 heavy (non-hydrogen) atoms.